The zero-order chi connectivity index (χ0) is 12.2. The molecule has 0 spiro atoms. The van der Waals surface area contributed by atoms with E-state index in [1.165, 1.54) is 0 Å². The average molecular weight is 233 g/mol. The van der Waals surface area contributed by atoms with Gasteiger partial charge >= 0.3 is 0 Å². The highest BCUT2D eigenvalue weighted by Gasteiger charge is 2.02. The maximum atomic E-state index is 4.42. The zero-order valence-corrected chi connectivity index (χ0v) is 9.69. The van der Waals surface area contributed by atoms with Crippen LogP contribution in [0.5, 0.6) is 0 Å². The highest BCUT2D eigenvalue weighted by atomic mass is 14.8. The van der Waals surface area contributed by atoms with Crippen LogP contribution in [0.4, 0.5) is 0 Å². The van der Waals surface area contributed by atoms with Crippen molar-refractivity contribution in [3.63, 3.8) is 0 Å². The minimum atomic E-state index is 0.787. The van der Waals surface area contributed by atoms with Gasteiger partial charge in [0.2, 0.25) is 0 Å². The zero-order valence-electron chi connectivity index (χ0n) is 9.69. The van der Waals surface area contributed by atoms with Crippen molar-refractivity contribution in [2.24, 2.45) is 0 Å². The normalized spacial score (nSPS) is 10.2. The van der Waals surface area contributed by atoms with Crippen molar-refractivity contribution >= 4 is 0 Å². The van der Waals surface area contributed by atoms with Gasteiger partial charge in [0.05, 0.1) is 23.8 Å². The maximum absolute atomic E-state index is 4.42. The predicted molar refractivity (Wildman–Crippen MR) is 70.7 cm³/mol. The molecule has 0 saturated heterocycles. The molecule has 3 rings (SSSR count). The first-order valence-electron chi connectivity index (χ1n) is 5.72. The van der Waals surface area contributed by atoms with Crippen LogP contribution in [0.2, 0.25) is 0 Å². The molecule has 18 heavy (non-hydrogen) atoms. The predicted octanol–water partition coefficient (Wildman–Crippen LogP) is 3.21. The molecule has 0 atom stereocenters. The van der Waals surface area contributed by atoms with Gasteiger partial charge in [0.1, 0.15) is 5.69 Å². The number of rotatable bonds is 2. The second-order valence-corrected chi connectivity index (χ2v) is 3.87. The van der Waals surface area contributed by atoms with Crippen molar-refractivity contribution in [1.82, 2.24) is 15.0 Å². The molecule has 0 amide bonds. The molecular weight excluding hydrogens is 222 g/mol. The summed E-state index contributed by atoms with van der Waals surface area (Å²) in [5.74, 6) is 0. The minimum absolute atomic E-state index is 0.787. The van der Waals surface area contributed by atoms with E-state index < -0.39 is 0 Å². The third-order valence-electron chi connectivity index (χ3n) is 2.65. The molecule has 86 valence electrons. The van der Waals surface area contributed by atoms with E-state index in [0.29, 0.717) is 0 Å². The third-order valence-corrected chi connectivity index (χ3v) is 2.65. The first-order valence-corrected chi connectivity index (χ1v) is 5.72. The summed E-state index contributed by atoms with van der Waals surface area (Å²) in [7, 11) is 0. The van der Waals surface area contributed by atoms with E-state index >= 15 is 0 Å². The molecule has 3 nitrogen and oxygen atoms in total. The Balaban J connectivity index is 1.95. The Bertz CT molecular complexity index is 560. The van der Waals surface area contributed by atoms with Gasteiger partial charge in [-0.3, -0.25) is 15.0 Å². The number of benzene rings is 1. The van der Waals surface area contributed by atoms with E-state index in [-0.39, 0.29) is 0 Å². The van der Waals surface area contributed by atoms with Crippen LogP contribution in [-0.2, 0) is 0 Å². The molecule has 2 aromatic heterocycles. The Morgan fingerprint density at radius 3 is 1.94 bits per heavy atom. The third kappa shape index (κ3) is 2.11. The van der Waals surface area contributed by atoms with Crippen LogP contribution in [0.1, 0.15) is 0 Å². The van der Waals surface area contributed by atoms with Crippen molar-refractivity contribution < 1.29 is 0 Å². The van der Waals surface area contributed by atoms with Crippen LogP contribution < -0.4 is 0 Å². The van der Waals surface area contributed by atoms with Crippen molar-refractivity contribution in [3.05, 3.63) is 67.1 Å². The molecule has 0 aliphatic heterocycles. The van der Waals surface area contributed by atoms with E-state index in [9.17, 15) is 0 Å². The number of hydrogen-bond acceptors (Lipinski definition) is 3. The molecule has 0 fully saturated rings. The van der Waals surface area contributed by atoms with Crippen LogP contribution in [0.25, 0.3) is 22.6 Å². The molecular formula is C15H11N3. The number of hydrogen-bond donors (Lipinski definition) is 0. The Labute approximate surface area is 105 Å². The summed E-state index contributed by atoms with van der Waals surface area (Å²) in [5.41, 5.74) is 3.56. The van der Waals surface area contributed by atoms with Gasteiger partial charge in [-0.2, -0.15) is 0 Å². The first-order chi connectivity index (χ1) is 8.93. The summed E-state index contributed by atoms with van der Waals surface area (Å²) in [4.78, 5) is 13.1. The lowest BCUT2D eigenvalue weighted by atomic mass is 10.1. The fraction of sp³-hybridized carbons (Fsp3) is 0. The SMILES string of the molecule is c1ccc(-c2cnc(-c3ccccn3)cn2)cc1. The van der Waals surface area contributed by atoms with Gasteiger partial charge in [-0.1, -0.05) is 36.4 Å². The van der Waals surface area contributed by atoms with Gasteiger partial charge in [-0.25, -0.2) is 0 Å². The van der Waals surface area contributed by atoms with Gasteiger partial charge in [0.15, 0.2) is 0 Å². The first kappa shape index (κ1) is 10.6. The lowest BCUT2D eigenvalue weighted by molar-refractivity contribution is 1.18. The molecule has 2 heterocycles. The minimum Gasteiger partial charge on any atom is -0.255 e. The molecule has 0 bridgehead atoms. The molecule has 0 saturated carbocycles. The Morgan fingerprint density at radius 1 is 0.556 bits per heavy atom. The van der Waals surface area contributed by atoms with E-state index in [2.05, 4.69) is 15.0 Å². The van der Waals surface area contributed by atoms with Gasteiger partial charge in [0, 0.05) is 11.8 Å². The summed E-state index contributed by atoms with van der Waals surface area (Å²) in [6.07, 6.45) is 5.28. The van der Waals surface area contributed by atoms with Crippen molar-refractivity contribution in [2.75, 3.05) is 0 Å². The fourth-order valence-electron chi connectivity index (χ4n) is 1.73. The van der Waals surface area contributed by atoms with Gasteiger partial charge in [-0.15, -0.1) is 0 Å². The Kier molecular flexibility index (Phi) is 2.80. The van der Waals surface area contributed by atoms with Crippen molar-refractivity contribution in [1.29, 1.82) is 0 Å². The van der Waals surface area contributed by atoms with Gasteiger partial charge in [0.25, 0.3) is 0 Å². The smallest absolute Gasteiger partial charge is 0.107 e. The molecule has 0 aliphatic carbocycles. The molecule has 0 N–H and O–H groups in total. The quantitative estimate of drug-likeness (QED) is 0.682. The van der Waals surface area contributed by atoms with Gasteiger partial charge in [-0.05, 0) is 12.1 Å². The van der Waals surface area contributed by atoms with Crippen LogP contribution >= 0.6 is 0 Å². The molecule has 0 aliphatic rings. The summed E-state index contributed by atoms with van der Waals surface area (Å²) in [6.45, 7) is 0. The second kappa shape index (κ2) is 4.75. The summed E-state index contributed by atoms with van der Waals surface area (Å²) in [5, 5.41) is 0. The number of aromatic nitrogens is 3. The lowest BCUT2D eigenvalue weighted by Crippen LogP contribution is -1.90. The topological polar surface area (TPSA) is 38.7 Å². The standard InChI is InChI=1S/C15H11N3/c1-2-6-12(7-3-1)14-10-18-15(11-17-14)13-8-4-5-9-16-13/h1-11H. The van der Waals surface area contributed by atoms with Crippen LogP contribution in [0, 0.1) is 0 Å². The summed E-state index contributed by atoms with van der Waals surface area (Å²) in [6, 6.07) is 15.7. The summed E-state index contributed by atoms with van der Waals surface area (Å²) < 4.78 is 0. The monoisotopic (exact) mass is 233 g/mol. The highest BCUT2D eigenvalue weighted by Crippen LogP contribution is 2.18. The highest BCUT2D eigenvalue weighted by molar-refractivity contribution is 5.60. The molecule has 1 aromatic carbocycles. The number of nitrogens with zero attached hydrogens (tertiary/aromatic N) is 3. The van der Waals surface area contributed by atoms with Crippen LogP contribution in [-0.4, -0.2) is 15.0 Å². The Hall–Kier alpha value is -2.55. The maximum Gasteiger partial charge on any atom is 0.107 e. The van der Waals surface area contributed by atoms with Crippen molar-refractivity contribution in [3.8, 4) is 22.6 Å². The largest absolute Gasteiger partial charge is 0.255 e. The van der Waals surface area contributed by atoms with Crippen molar-refractivity contribution in [2.45, 2.75) is 0 Å². The second-order valence-electron chi connectivity index (χ2n) is 3.87. The Morgan fingerprint density at radius 2 is 1.28 bits per heavy atom. The van der Waals surface area contributed by atoms with E-state index in [1.54, 1.807) is 18.6 Å². The fourth-order valence-corrected chi connectivity index (χ4v) is 1.73. The van der Waals surface area contributed by atoms with Gasteiger partial charge < -0.3 is 0 Å². The molecule has 3 aromatic rings. The number of pyridine rings is 1. The van der Waals surface area contributed by atoms with Crippen LogP contribution in [0.15, 0.2) is 67.1 Å². The molecule has 0 radical (unpaired) electrons. The van der Waals surface area contributed by atoms with E-state index in [4.69, 9.17) is 0 Å². The van der Waals surface area contributed by atoms with Crippen LogP contribution in [0.3, 0.4) is 0 Å². The van der Waals surface area contributed by atoms with E-state index in [0.717, 1.165) is 22.6 Å². The molecule has 0 unspecified atom stereocenters. The average Bonchev–Trinajstić information content (AvgIpc) is 2.49. The van der Waals surface area contributed by atoms with E-state index in [1.807, 2.05) is 48.5 Å². The molecule has 3 heteroatoms. The lowest BCUT2D eigenvalue weighted by Gasteiger charge is -2.02. The summed E-state index contributed by atoms with van der Waals surface area (Å²) >= 11 is 0.